The lowest BCUT2D eigenvalue weighted by Gasteiger charge is -2.11. The molecule has 134 valence electrons. The van der Waals surface area contributed by atoms with Gasteiger partial charge in [0.25, 0.3) is 0 Å². The van der Waals surface area contributed by atoms with Gasteiger partial charge in [-0.25, -0.2) is 9.98 Å². The first kappa shape index (κ1) is 18.6. The molecule has 1 aromatic carbocycles. The molecule has 0 spiro atoms. The van der Waals surface area contributed by atoms with Crippen LogP contribution in [-0.4, -0.2) is 44.0 Å². The SMILES string of the molecule is CCN(C)C=Nc1ccc(OCc2cc(OC)cc(OC)c2)nc1C. The number of aromatic nitrogens is 1. The van der Waals surface area contributed by atoms with E-state index < -0.39 is 0 Å². The van der Waals surface area contributed by atoms with Crippen LogP contribution in [0.4, 0.5) is 5.69 Å². The molecule has 6 nitrogen and oxygen atoms in total. The average Bonchev–Trinajstić information content (AvgIpc) is 2.64. The van der Waals surface area contributed by atoms with Gasteiger partial charge in [0.1, 0.15) is 18.1 Å². The normalized spacial score (nSPS) is 10.8. The van der Waals surface area contributed by atoms with Crippen molar-refractivity contribution in [3.63, 3.8) is 0 Å². The molecule has 1 aromatic heterocycles. The zero-order chi connectivity index (χ0) is 18.2. The minimum Gasteiger partial charge on any atom is -0.497 e. The molecular weight excluding hydrogens is 318 g/mol. The average molecular weight is 343 g/mol. The van der Waals surface area contributed by atoms with E-state index in [0.29, 0.717) is 12.5 Å². The molecule has 25 heavy (non-hydrogen) atoms. The first-order chi connectivity index (χ1) is 12.0. The molecule has 0 unspecified atom stereocenters. The minimum absolute atomic E-state index is 0.376. The zero-order valence-electron chi connectivity index (χ0n) is 15.4. The Hall–Kier alpha value is -2.76. The number of ether oxygens (including phenoxy) is 3. The second-order valence-electron chi connectivity index (χ2n) is 5.58. The Morgan fingerprint density at radius 1 is 1.12 bits per heavy atom. The molecular formula is C19H25N3O3. The van der Waals surface area contributed by atoms with E-state index in [9.17, 15) is 0 Å². The van der Waals surface area contributed by atoms with E-state index >= 15 is 0 Å². The number of methoxy groups -OCH3 is 2. The number of aryl methyl sites for hydroxylation is 1. The smallest absolute Gasteiger partial charge is 0.213 e. The van der Waals surface area contributed by atoms with E-state index in [2.05, 4.69) is 16.9 Å². The monoisotopic (exact) mass is 343 g/mol. The van der Waals surface area contributed by atoms with Crippen LogP contribution < -0.4 is 14.2 Å². The molecule has 0 saturated carbocycles. The molecule has 2 rings (SSSR count). The van der Waals surface area contributed by atoms with Crippen molar-refractivity contribution in [2.24, 2.45) is 4.99 Å². The summed E-state index contributed by atoms with van der Waals surface area (Å²) in [7, 11) is 5.23. The van der Waals surface area contributed by atoms with Crippen LogP contribution in [0.25, 0.3) is 0 Å². The fourth-order valence-electron chi connectivity index (χ4n) is 2.10. The standard InChI is InChI=1S/C19H25N3O3/c1-6-22(3)13-20-18-7-8-19(21-14(18)2)25-12-15-9-16(23-4)11-17(10-15)24-5/h7-11,13H,6,12H2,1-5H3. The van der Waals surface area contributed by atoms with Gasteiger partial charge in [0.15, 0.2) is 0 Å². The Labute approximate surface area is 149 Å². The van der Waals surface area contributed by atoms with Gasteiger partial charge in [-0.15, -0.1) is 0 Å². The number of nitrogens with zero attached hydrogens (tertiary/aromatic N) is 3. The van der Waals surface area contributed by atoms with Gasteiger partial charge in [0, 0.05) is 25.7 Å². The number of rotatable bonds is 8. The third-order valence-electron chi connectivity index (χ3n) is 3.72. The molecule has 0 radical (unpaired) electrons. The summed E-state index contributed by atoms with van der Waals surface area (Å²) in [6.45, 7) is 5.27. The van der Waals surface area contributed by atoms with Crippen molar-refractivity contribution >= 4 is 12.0 Å². The van der Waals surface area contributed by atoms with Crippen LogP contribution in [-0.2, 0) is 6.61 Å². The summed E-state index contributed by atoms with van der Waals surface area (Å²) < 4.78 is 16.3. The summed E-state index contributed by atoms with van der Waals surface area (Å²) in [4.78, 5) is 10.9. The van der Waals surface area contributed by atoms with E-state index in [-0.39, 0.29) is 0 Å². The summed E-state index contributed by atoms with van der Waals surface area (Å²) in [6.07, 6.45) is 1.80. The van der Waals surface area contributed by atoms with Crippen molar-refractivity contribution in [2.45, 2.75) is 20.5 Å². The number of hydrogen-bond acceptors (Lipinski definition) is 5. The molecule has 2 aromatic rings. The van der Waals surface area contributed by atoms with Crippen LogP contribution in [0.2, 0.25) is 0 Å². The third kappa shape index (κ3) is 5.38. The Morgan fingerprint density at radius 3 is 2.36 bits per heavy atom. The number of pyridine rings is 1. The summed E-state index contributed by atoms with van der Waals surface area (Å²) in [5.41, 5.74) is 2.60. The van der Waals surface area contributed by atoms with Crippen molar-refractivity contribution < 1.29 is 14.2 Å². The summed E-state index contributed by atoms with van der Waals surface area (Å²) >= 11 is 0. The van der Waals surface area contributed by atoms with Gasteiger partial charge < -0.3 is 19.1 Å². The molecule has 0 aliphatic rings. The van der Waals surface area contributed by atoms with Gasteiger partial charge in [-0.2, -0.15) is 0 Å². The van der Waals surface area contributed by atoms with Crippen molar-refractivity contribution in [3.8, 4) is 17.4 Å². The molecule has 1 heterocycles. The van der Waals surface area contributed by atoms with E-state index in [4.69, 9.17) is 14.2 Å². The lowest BCUT2D eigenvalue weighted by Crippen LogP contribution is -2.14. The van der Waals surface area contributed by atoms with E-state index in [1.54, 1.807) is 20.6 Å². The van der Waals surface area contributed by atoms with E-state index in [1.165, 1.54) is 0 Å². The lowest BCUT2D eigenvalue weighted by molar-refractivity contribution is 0.291. The highest BCUT2D eigenvalue weighted by Crippen LogP contribution is 2.24. The van der Waals surface area contributed by atoms with Crippen molar-refractivity contribution in [1.82, 2.24) is 9.88 Å². The predicted molar refractivity (Wildman–Crippen MR) is 99.3 cm³/mol. The third-order valence-corrected chi connectivity index (χ3v) is 3.72. The van der Waals surface area contributed by atoms with Crippen molar-refractivity contribution in [1.29, 1.82) is 0 Å². The largest absolute Gasteiger partial charge is 0.497 e. The van der Waals surface area contributed by atoms with E-state index in [0.717, 1.165) is 35.0 Å². The Kier molecular flexibility index (Phi) is 6.62. The first-order valence-corrected chi connectivity index (χ1v) is 8.12. The van der Waals surface area contributed by atoms with Crippen LogP contribution in [0, 0.1) is 6.92 Å². The van der Waals surface area contributed by atoms with Crippen molar-refractivity contribution in [3.05, 3.63) is 41.6 Å². The summed E-state index contributed by atoms with van der Waals surface area (Å²) in [6, 6.07) is 9.38. The Balaban J connectivity index is 2.06. The van der Waals surface area contributed by atoms with Crippen LogP contribution in [0.15, 0.2) is 35.3 Å². The molecule has 0 N–H and O–H groups in total. The molecule has 0 fully saturated rings. The highest BCUT2D eigenvalue weighted by Gasteiger charge is 2.05. The fourth-order valence-corrected chi connectivity index (χ4v) is 2.10. The zero-order valence-corrected chi connectivity index (χ0v) is 15.4. The summed E-state index contributed by atoms with van der Waals surface area (Å²) in [5, 5.41) is 0. The molecule has 6 heteroatoms. The van der Waals surface area contributed by atoms with Crippen molar-refractivity contribution in [2.75, 3.05) is 27.8 Å². The highest BCUT2D eigenvalue weighted by atomic mass is 16.5. The molecule has 0 saturated heterocycles. The highest BCUT2D eigenvalue weighted by molar-refractivity contribution is 5.62. The van der Waals surface area contributed by atoms with Gasteiger partial charge >= 0.3 is 0 Å². The summed E-state index contributed by atoms with van der Waals surface area (Å²) in [5.74, 6) is 2.01. The number of hydrogen-bond donors (Lipinski definition) is 0. The van der Waals surface area contributed by atoms with Crippen LogP contribution in [0.3, 0.4) is 0 Å². The lowest BCUT2D eigenvalue weighted by atomic mass is 10.2. The minimum atomic E-state index is 0.376. The first-order valence-electron chi connectivity index (χ1n) is 8.12. The number of benzene rings is 1. The second-order valence-corrected chi connectivity index (χ2v) is 5.58. The quantitative estimate of drug-likeness (QED) is 0.541. The fraction of sp³-hybridized carbons (Fsp3) is 0.368. The topological polar surface area (TPSA) is 56.2 Å². The van der Waals surface area contributed by atoms with Crippen LogP contribution in [0.5, 0.6) is 17.4 Å². The molecule has 0 amide bonds. The van der Waals surface area contributed by atoms with Crippen LogP contribution >= 0.6 is 0 Å². The molecule has 0 bridgehead atoms. The maximum Gasteiger partial charge on any atom is 0.213 e. The van der Waals surface area contributed by atoms with Crippen LogP contribution in [0.1, 0.15) is 18.2 Å². The maximum atomic E-state index is 5.79. The molecule has 0 aliphatic heterocycles. The predicted octanol–water partition coefficient (Wildman–Crippen LogP) is 3.60. The van der Waals surface area contributed by atoms with E-state index in [1.807, 2.05) is 49.2 Å². The Bertz CT molecular complexity index is 710. The Morgan fingerprint density at radius 2 is 1.80 bits per heavy atom. The van der Waals surface area contributed by atoms with Gasteiger partial charge in [-0.3, -0.25) is 0 Å². The van der Waals surface area contributed by atoms with Gasteiger partial charge in [-0.1, -0.05) is 0 Å². The molecule has 0 aliphatic carbocycles. The van der Waals surface area contributed by atoms with Gasteiger partial charge in [0.05, 0.1) is 31.9 Å². The van der Waals surface area contributed by atoms with Gasteiger partial charge in [-0.05, 0) is 37.6 Å². The van der Waals surface area contributed by atoms with Gasteiger partial charge in [0.2, 0.25) is 5.88 Å². The second kappa shape index (κ2) is 8.92. The number of aliphatic imine (C=N–C) groups is 1. The maximum absolute atomic E-state index is 5.79. The molecule has 0 atom stereocenters.